The van der Waals surface area contributed by atoms with Crippen LogP contribution in [-0.4, -0.2) is 29.1 Å². The number of anilines is 2. The van der Waals surface area contributed by atoms with Gasteiger partial charge in [0.1, 0.15) is 0 Å². The van der Waals surface area contributed by atoms with Crippen LogP contribution in [0.5, 0.6) is 0 Å². The smallest absolute Gasteiger partial charge is 0.338 e. The number of alkyl halides is 3. The molecule has 0 spiro atoms. The molecule has 0 bridgehead atoms. The van der Waals surface area contributed by atoms with Crippen molar-refractivity contribution >= 4 is 32.2 Å². The summed E-state index contributed by atoms with van der Waals surface area (Å²) in [6, 6.07) is 4.63. The van der Waals surface area contributed by atoms with Crippen LogP contribution in [0.15, 0.2) is 35.4 Å². The summed E-state index contributed by atoms with van der Waals surface area (Å²) >= 11 is 0. The molecule has 0 saturated carbocycles. The van der Waals surface area contributed by atoms with Gasteiger partial charge in [0.05, 0.1) is 16.1 Å². The first-order chi connectivity index (χ1) is 11.6. The van der Waals surface area contributed by atoms with E-state index in [1.807, 2.05) is 13.8 Å². The lowest BCUT2D eigenvalue weighted by Gasteiger charge is -2.11. The van der Waals surface area contributed by atoms with E-state index in [4.69, 9.17) is 0 Å². The zero-order valence-electron chi connectivity index (χ0n) is 13.1. The molecule has 0 saturated heterocycles. The number of fused-ring (bicyclic) bond motifs is 1. The van der Waals surface area contributed by atoms with Gasteiger partial charge in [0.15, 0.2) is 5.82 Å². The Balaban J connectivity index is 2.15. The number of H-pyrrole nitrogens is 1. The first-order valence-corrected chi connectivity index (χ1v) is 8.58. The van der Waals surface area contributed by atoms with E-state index in [0.717, 1.165) is 23.4 Å². The summed E-state index contributed by atoms with van der Waals surface area (Å²) in [5.41, 5.74) is -2.94. The molecule has 0 aliphatic carbocycles. The van der Waals surface area contributed by atoms with Gasteiger partial charge in [-0.25, -0.2) is 8.42 Å². The van der Waals surface area contributed by atoms with E-state index < -0.39 is 20.2 Å². The van der Waals surface area contributed by atoms with E-state index in [1.165, 1.54) is 18.3 Å². The summed E-state index contributed by atoms with van der Waals surface area (Å²) in [6.07, 6.45) is 1.47. The fourth-order valence-electron chi connectivity index (χ4n) is 2.27. The third-order valence-corrected chi connectivity index (χ3v) is 5.32. The second-order valence-electron chi connectivity index (χ2n) is 5.43. The van der Waals surface area contributed by atoms with Gasteiger partial charge in [0.25, 0.3) is 9.84 Å². The first kappa shape index (κ1) is 17.2. The average molecular weight is 370 g/mol. The Morgan fingerprint density at radius 2 is 1.88 bits per heavy atom. The highest BCUT2D eigenvalue weighted by molar-refractivity contribution is 7.92. The monoisotopic (exact) mass is 370 g/mol. The molecule has 6 nitrogen and oxygen atoms in total. The van der Waals surface area contributed by atoms with Crippen LogP contribution in [-0.2, 0) is 9.84 Å². The highest BCUT2D eigenvalue weighted by Gasteiger charge is 2.46. The summed E-state index contributed by atoms with van der Waals surface area (Å²) in [4.78, 5) is 3.22. The van der Waals surface area contributed by atoms with Crippen molar-refractivity contribution in [3.8, 4) is 0 Å². The minimum absolute atomic E-state index is 0.243. The Kier molecular flexibility index (Phi) is 3.94. The third-order valence-electron chi connectivity index (χ3n) is 3.83. The highest BCUT2D eigenvalue weighted by Crippen LogP contribution is 2.34. The molecule has 0 amide bonds. The van der Waals surface area contributed by atoms with Crippen LogP contribution in [0.2, 0.25) is 0 Å². The minimum Gasteiger partial charge on any atom is -0.338 e. The number of aryl methyl sites for hydroxylation is 1. The number of aromatic amines is 1. The van der Waals surface area contributed by atoms with Crippen LogP contribution in [0.4, 0.5) is 24.7 Å². The van der Waals surface area contributed by atoms with Gasteiger partial charge in [-0.1, -0.05) is 0 Å². The lowest BCUT2D eigenvalue weighted by molar-refractivity contribution is -0.0435. The van der Waals surface area contributed by atoms with Crippen LogP contribution in [0, 0.1) is 13.8 Å². The summed E-state index contributed by atoms with van der Waals surface area (Å²) in [6.45, 7) is 3.65. The quantitative estimate of drug-likeness (QED) is 0.735. The van der Waals surface area contributed by atoms with Crippen LogP contribution in [0.25, 0.3) is 10.9 Å². The van der Waals surface area contributed by atoms with Crippen molar-refractivity contribution in [3.05, 3.63) is 41.7 Å². The zero-order chi connectivity index (χ0) is 18.4. The fourth-order valence-corrected chi connectivity index (χ4v) is 3.06. The molecule has 132 valence electrons. The Morgan fingerprint density at radius 3 is 2.48 bits per heavy atom. The van der Waals surface area contributed by atoms with E-state index in [2.05, 4.69) is 20.5 Å². The molecular formula is C15H13F3N4O2S. The number of rotatable bonds is 3. The van der Waals surface area contributed by atoms with Gasteiger partial charge in [0.2, 0.25) is 0 Å². The van der Waals surface area contributed by atoms with Crippen LogP contribution < -0.4 is 5.32 Å². The number of hydrogen-bond donors (Lipinski definition) is 2. The van der Waals surface area contributed by atoms with E-state index in [-0.39, 0.29) is 5.39 Å². The van der Waals surface area contributed by atoms with Crippen molar-refractivity contribution < 1.29 is 21.6 Å². The Labute approximate surface area is 141 Å². The molecule has 0 radical (unpaired) electrons. The number of halogens is 3. The van der Waals surface area contributed by atoms with Gasteiger partial charge in [-0.15, -0.1) is 0 Å². The molecule has 2 aromatic heterocycles. The molecular weight excluding hydrogens is 357 g/mol. The van der Waals surface area contributed by atoms with Crippen molar-refractivity contribution in [2.45, 2.75) is 24.3 Å². The van der Waals surface area contributed by atoms with Gasteiger partial charge >= 0.3 is 5.51 Å². The van der Waals surface area contributed by atoms with E-state index in [1.54, 1.807) is 0 Å². The number of hydrogen-bond acceptors (Lipinski definition) is 5. The number of pyridine rings is 1. The highest BCUT2D eigenvalue weighted by atomic mass is 32.2. The predicted molar refractivity (Wildman–Crippen MR) is 86.3 cm³/mol. The van der Waals surface area contributed by atoms with Crippen molar-refractivity contribution in [1.29, 1.82) is 0 Å². The molecule has 2 heterocycles. The van der Waals surface area contributed by atoms with Gasteiger partial charge < -0.3 is 5.32 Å². The van der Waals surface area contributed by atoms with Crippen molar-refractivity contribution in [3.63, 3.8) is 0 Å². The number of nitrogens with zero attached hydrogens (tertiary/aromatic N) is 2. The summed E-state index contributed by atoms with van der Waals surface area (Å²) in [5.74, 6) is 0.495. The van der Waals surface area contributed by atoms with Crippen molar-refractivity contribution in [1.82, 2.24) is 15.2 Å². The molecule has 0 fully saturated rings. The van der Waals surface area contributed by atoms with E-state index in [9.17, 15) is 21.6 Å². The topological polar surface area (TPSA) is 87.7 Å². The number of sulfone groups is 1. The lowest BCUT2D eigenvalue weighted by atomic mass is 10.2. The second-order valence-corrected chi connectivity index (χ2v) is 7.38. The molecule has 0 unspecified atom stereocenters. The van der Waals surface area contributed by atoms with Crippen LogP contribution >= 0.6 is 0 Å². The number of aromatic nitrogens is 3. The average Bonchev–Trinajstić information content (AvgIpc) is 2.86. The van der Waals surface area contributed by atoms with Gasteiger partial charge in [-0.2, -0.15) is 18.3 Å². The first-order valence-electron chi connectivity index (χ1n) is 7.10. The molecule has 3 aromatic rings. The zero-order valence-corrected chi connectivity index (χ0v) is 14.0. The van der Waals surface area contributed by atoms with Gasteiger partial charge in [0, 0.05) is 22.8 Å². The Bertz CT molecular complexity index is 1060. The van der Waals surface area contributed by atoms with Gasteiger partial charge in [-0.05, 0) is 38.1 Å². The summed E-state index contributed by atoms with van der Waals surface area (Å²) in [5, 5.41) is 10.1. The van der Waals surface area contributed by atoms with Crippen LogP contribution in [0.3, 0.4) is 0 Å². The van der Waals surface area contributed by atoms with Crippen LogP contribution in [0.1, 0.15) is 11.3 Å². The number of benzene rings is 1. The number of nitrogens with one attached hydrogen (secondary N) is 2. The summed E-state index contributed by atoms with van der Waals surface area (Å²) < 4.78 is 61.6. The fraction of sp³-hybridized carbons (Fsp3) is 0.200. The molecule has 0 aliphatic rings. The molecule has 10 heteroatoms. The molecule has 2 N–H and O–H groups in total. The SMILES string of the molecule is Cc1[nH]nc(Nc2ccnc3ccc(S(=O)(=O)C(F)(F)F)cc23)c1C. The van der Waals surface area contributed by atoms with Gasteiger partial charge in [-0.3, -0.25) is 10.1 Å². The normalized spacial score (nSPS) is 12.5. The maximum atomic E-state index is 12.8. The maximum absolute atomic E-state index is 12.8. The molecule has 25 heavy (non-hydrogen) atoms. The second kappa shape index (κ2) is 5.73. The molecule has 3 rings (SSSR count). The lowest BCUT2D eigenvalue weighted by Crippen LogP contribution is -2.23. The third kappa shape index (κ3) is 2.93. The predicted octanol–water partition coefficient (Wildman–Crippen LogP) is 3.61. The molecule has 1 aromatic carbocycles. The summed E-state index contributed by atoms with van der Waals surface area (Å²) in [7, 11) is -5.44. The van der Waals surface area contributed by atoms with E-state index >= 15 is 0 Å². The van der Waals surface area contributed by atoms with Crippen molar-refractivity contribution in [2.75, 3.05) is 5.32 Å². The maximum Gasteiger partial charge on any atom is 0.501 e. The van der Waals surface area contributed by atoms with Crippen molar-refractivity contribution in [2.24, 2.45) is 0 Å². The Morgan fingerprint density at radius 1 is 1.16 bits per heavy atom. The van der Waals surface area contributed by atoms with E-state index in [0.29, 0.717) is 17.0 Å². The standard InChI is InChI=1S/C15H13F3N4O2S/c1-8-9(2)21-22-14(8)20-13-5-6-19-12-4-3-10(7-11(12)13)25(23,24)15(16,17)18/h3-7H,1-2H3,(H2,19,20,21,22). The molecule has 0 atom stereocenters. The molecule has 0 aliphatic heterocycles. The minimum atomic E-state index is -5.44. The Hall–Kier alpha value is -2.62. The largest absolute Gasteiger partial charge is 0.501 e.